The van der Waals surface area contributed by atoms with Gasteiger partial charge >= 0.3 is 0 Å². The van der Waals surface area contributed by atoms with E-state index in [9.17, 15) is 4.79 Å². The van der Waals surface area contributed by atoms with Crippen LogP contribution in [-0.4, -0.2) is 18.2 Å². The van der Waals surface area contributed by atoms with Crippen LogP contribution in [0.3, 0.4) is 0 Å². The van der Waals surface area contributed by atoms with Crippen molar-refractivity contribution >= 4 is 34.3 Å². The first-order valence-electron chi connectivity index (χ1n) is 6.18. The van der Waals surface area contributed by atoms with Crippen LogP contribution in [0.25, 0.3) is 11.0 Å². The van der Waals surface area contributed by atoms with E-state index in [1.807, 2.05) is 0 Å². The van der Waals surface area contributed by atoms with Crippen LogP contribution >= 0.6 is 11.6 Å². The van der Waals surface area contributed by atoms with E-state index in [0.29, 0.717) is 33.1 Å². The molecular weight excluding hydrogens is 292 g/mol. The van der Waals surface area contributed by atoms with Gasteiger partial charge < -0.3 is 14.6 Å². The number of halogens is 1. The van der Waals surface area contributed by atoms with Crippen LogP contribution in [0.1, 0.15) is 10.4 Å². The molecule has 3 rings (SSSR count). The van der Waals surface area contributed by atoms with Crippen molar-refractivity contribution in [2.75, 3.05) is 12.4 Å². The first kappa shape index (κ1) is 13.5. The third-order valence-electron chi connectivity index (χ3n) is 3.00. The number of ether oxygens (including phenoxy) is 1. The highest BCUT2D eigenvalue weighted by atomic mass is 35.5. The van der Waals surface area contributed by atoms with Gasteiger partial charge in [0.05, 0.1) is 12.5 Å². The lowest BCUT2D eigenvalue weighted by molar-refractivity contribution is 0.102. The van der Waals surface area contributed by atoms with E-state index in [2.05, 4.69) is 10.5 Å². The number of amides is 1. The number of hydrogen-bond donors (Lipinski definition) is 1. The summed E-state index contributed by atoms with van der Waals surface area (Å²) in [6.45, 7) is 0. The number of aromatic nitrogens is 1. The number of rotatable bonds is 3. The molecule has 0 spiro atoms. The minimum atomic E-state index is -0.293. The Kier molecular flexibility index (Phi) is 3.50. The molecule has 1 heterocycles. The smallest absolute Gasteiger partial charge is 0.257 e. The van der Waals surface area contributed by atoms with E-state index in [1.165, 1.54) is 0 Å². The highest BCUT2D eigenvalue weighted by Crippen LogP contribution is 2.26. The zero-order valence-corrected chi connectivity index (χ0v) is 11.8. The van der Waals surface area contributed by atoms with Crippen LogP contribution in [-0.2, 0) is 0 Å². The van der Waals surface area contributed by atoms with Gasteiger partial charge in [-0.1, -0.05) is 22.8 Å². The van der Waals surface area contributed by atoms with Crippen LogP contribution in [0.4, 0.5) is 5.82 Å². The third-order valence-corrected chi connectivity index (χ3v) is 3.23. The summed E-state index contributed by atoms with van der Waals surface area (Å²) in [5.41, 5.74) is 0.989. The van der Waals surface area contributed by atoms with Gasteiger partial charge in [-0.3, -0.25) is 4.79 Å². The van der Waals surface area contributed by atoms with Gasteiger partial charge in [-0.15, -0.1) is 0 Å². The van der Waals surface area contributed by atoms with Crippen molar-refractivity contribution in [3.63, 3.8) is 0 Å². The fraction of sp³-hybridized carbons (Fsp3) is 0.0667. The molecular formula is C15H11ClN2O3. The second-order valence-corrected chi connectivity index (χ2v) is 4.79. The number of methoxy groups -OCH3 is 1. The van der Waals surface area contributed by atoms with Crippen LogP contribution in [0.5, 0.6) is 5.75 Å². The number of hydrogen-bond acceptors (Lipinski definition) is 4. The Labute approximate surface area is 125 Å². The summed E-state index contributed by atoms with van der Waals surface area (Å²) in [5.74, 6) is 0.674. The van der Waals surface area contributed by atoms with Crippen LogP contribution in [0.2, 0.25) is 5.02 Å². The van der Waals surface area contributed by atoms with Crippen molar-refractivity contribution in [1.82, 2.24) is 5.16 Å². The van der Waals surface area contributed by atoms with Crippen molar-refractivity contribution in [2.45, 2.75) is 0 Å². The zero-order valence-electron chi connectivity index (χ0n) is 11.1. The monoisotopic (exact) mass is 302 g/mol. The molecule has 3 aromatic rings. The lowest BCUT2D eigenvalue weighted by Crippen LogP contribution is -2.12. The SMILES string of the molecule is COc1cccc(C(=O)Nc2noc3cc(Cl)ccc23)c1. The summed E-state index contributed by atoms with van der Waals surface area (Å²) in [7, 11) is 1.55. The Balaban J connectivity index is 1.89. The number of nitrogens with one attached hydrogen (secondary N) is 1. The van der Waals surface area contributed by atoms with Gasteiger partial charge in [0, 0.05) is 16.7 Å². The van der Waals surface area contributed by atoms with Crippen molar-refractivity contribution in [3.8, 4) is 5.75 Å². The molecule has 0 aliphatic carbocycles. The third kappa shape index (κ3) is 2.68. The van der Waals surface area contributed by atoms with Gasteiger partial charge in [0.2, 0.25) is 0 Å². The number of anilines is 1. The summed E-state index contributed by atoms with van der Waals surface area (Å²) in [6.07, 6.45) is 0. The molecule has 106 valence electrons. The summed E-state index contributed by atoms with van der Waals surface area (Å²) >= 11 is 5.87. The Morgan fingerprint density at radius 2 is 2.14 bits per heavy atom. The summed E-state index contributed by atoms with van der Waals surface area (Å²) in [5, 5.41) is 7.79. The molecule has 0 atom stereocenters. The normalized spacial score (nSPS) is 10.6. The minimum Gasteiger partial charge on any atom is -0.497 e. The average Bonchev–Trinajstić information content (AvgIpc) is 2.89. The predicted molar refractivity (Wildman–Crippen MR) is 80.0 cm³/mol. The first-order chi connectivity index (χ1) is 10.2. The summed E-state index contributed by atoms with van der Waals surface area (Å²) in [6, 6.07) is 12.0. The van der Waals surface area contributed by atoms with Gasteiger partial charge in [0.25, 0.3) is 5.91 Å². The van der Waals surface area contributed by atoms with Crippen molar-refractivity contribution in [1.29, 1.82) is 0 Å². The number of nitrogens with zero attached hydrogens (tertiary/aromatic N) is 1. The molecule has 1 aromatic heterocycles. The Hall–Kier alpha value is -2.53. The lowest BCUT2D eigenvalue weighted by Gasteiger charge is -2.04. The number of benzene rings is 2. The van der Waals surface area contributed by atoms with Crippen LogP contribution < -0.4 is 10.1 Å². The van der Waals surface area contributed by atoms with Crippen LogP contribution in [0.15, 0.2) is 47.0 Å². The molecule has 0 radical (unpaired) electrons. The molecule has 1 N–H and O–H groups in total. The molecule has 0 saturated heterocycles. The van der Waals surface area contributed by atoms with Gasteiger partial charge in [0.1, 0.15) is 5.75 Å². The Bertz CT molecular complexity index is 814. The number of carbonyl (C=O) groups is 1. The minimum absolute atomic E-state index is 0.293. The first-order valence-corrected chi connectivity index (χ1v) is 6.55. The van der Waals surface area contributed by atoms with Crippen LogP contribution in [0, 0.1) is 0 Å². The molecule has 0 fully saturated rings. The van der Waals surface area contributed by atoms with E-state index in [0.717, 1.165) is 0 Å². The maximum Gasteiger partial charge on any atom is 0.257 e. The van der Waals surface area contributed by atoms with E-state index in [4.69, 9.17) is 20.9 Å². The maximum atomic E-state index is 12.2. The van der Waals surface area contributed by atoms with Gasteiger partial charge in [-0.05, 0) is 30.3 Å². The topological polar surface area (TPSA) is 64.4 Å². The van der Waals surface area contributed by atoms with E-state index < -0.39 is 0 Å². The fourth-order valence-corrected chi connectivity index (χ4v) is 2.11. The van der Waals surface area contributed by atoms with Crippen molar-refractivity contribution < 1.29 is 14.1 Å². The molecule has 0 aliphatic rings. The summed E-state index contributed by atoms with van der Waals surface area (Å²) in [4.78, 5) is 12.2. The molecule has 0 aliphatic heterocycles. The summed E-state index contributed by atoms with van der Waals surface area (Å²) < 4.78 is 10.2. The molecule has 2 aromatic carbocycles. The fourth-order valence-electron chi connectivity index (χ4n) is 1.95. The van der Waals surface area contributed by atoms with Gasteiger partial charge in [-0.25, -0.2) is 0 Å². The second-order valence-electron chi connectivity index (χ2n) is 4.36. The maximum absolute atomic E-state index is 12.2. The van der Waals surface area contributed by atoms with Gasteiger partial charge in [0.15, 0.2) is 11.4 Å². The number of fused-ring (bicyclic) bond motifs is 1. The molecule has 0 bridgehead atoms. The highest BCUT2D eigenvalue weighted by molar-refractivity contribution is 6.31. The lowest BCUT2D eigenvalue weighted by atomic mass is 10.2. The Morgan fingerprint density at radius 3 is 2.95 bits per heavy atom. The standard InChI is InChI=1S/C15H11ClN2O3/c1-20-11-4-2-3-9(7-11)15(19)17-14-12-6-5-10(16)8-13(12)21-18-14/h2-8H,1H3,(H,17,18,19). The quantitative estimate of drug-likeness (QED) is 0.800. The zero-order chi connectivity index (χ0) is 14.8. The molecule has 21 heavy (non-hydrogen) atoms. The van der Waals surface area contributed by atoms with E-state index in [1.54, 1.807) is 49.6 Å². The van der Waals surface area contributed by atoms with Gasteiger partial charge in [-0.2, -0.15) is 0 Å². The Morgan fingerprint density at radius 1 is 1.29 bits per heavy atom. The molecule has 6 heteroatoms. The largest absolute Gasteiger partial charge is 0.497 e. The molecule has 0 saturated carbocycles. The highest BCUT2D eigenvalue weighted by Gasteiger charge is 2.13. The average molecular weight is 303 g/mol. The second kappa shape index (κ2) is 5.46. The van der Waals surface area contributed by atoms with E-state index in [-0.39, 0.29) is 5.91 Å². The molecule has 0 unspecified atom stereocenters. The molecule has 5 nitrogen and oxygen atoms in total. The predicted octanol–water partition coefficient (Wildman–Crippen LogP) is 3.74. The molecule has 1 amide bonds. The number of carbonyl (C=O) groups excluding carboxylic acids is 1. The van der Waals surface area contributed by atoms with E-state index >= 15 is 0 Å². The van der Waals surface area contributed by atoms with Crippen molar-refractivity contribution in [2.24, 2.45) is 0 Å². The van der Waals surface area contributed by atoms with Crippen molar-refractivity contribution in [3.05, 3.63) is 53.1 Å².